The van der Waals surface area contributed by atoms with E-state index in [2.05, 4.69) is 0 Å². The number of benzene rings is 1. The van der Waals surface area contributed by atoms with Gasteiger partial charge in [-0.2, -0.15) is 0 Å². The topological polar surface area (TPSA) is 110 Å². The van der Waals surface area contributed by atoms with Gasteiger partial charge in [-0.15, -0.1) is 0 Å². The molecule has 0 aliphatic carbocycles. The fourth-order valence-electron chi connectivity index (χ4n) is 1.22. The van der Waals surface area contributed by atoms with E-state index in [-0.39, 0.29) is 0 Å². The maximum absolute atomic E-state index is 13.3. The molecule has 0 aliphatic rings. The van der Waals surface area contributed by atoms with Crippen molar-refractivity contribution < 1.29 is 24.0 Å². The predicted octanol–water partition coefficient (Wildman–Crippen LogP) is 1.39. The van der Waals surface area contributed by atoms with Gasteiger partial charge in [-0.1, -0.05) is 0 Å². The molecule has 1 aromatic carbocycles. The minimum atomic E-state index is -1.58. The van der Waals surface area contributed by atoms with Crippen LogP contribution >= 0.6 is 0 Å². The Balaban J connectivity index is 3.54. The summed E-state index contributed by atoms with van der Waals surface area (Å²) in [7, 11) is 0. The number of carbonyl (C=O) groups is 2. The Hall–Kier alpha value is -2.51. The fourth-order valence-corrected chi connectivity index (χ4v) is 1.22. The minimum absolute atomic E-state index is 0.694. The van der Waals surface area contributed by atoms with Gasteiger partial charge in [0.15, 0.2) is 11.5 Å². The van der Waals surface area contributed by atoms with Gasteiger partial charge in [0.1, 0.15) is 5.56 Å². The van der Waals surface area contributed by atoms with E-state index in [1.807, 2.05) is 5.32 Å². The molecule has 0 heterocycles. The van der Waals surface area contributed by atoms with Gasteiger partial charge >= 0.3 is 11.7 Å². The van der Waals surface area contributed by atoms with Crippen molar-refractivity contribution in [3.63, 3.8) is 0 Å². The average molecular weight is 242 g/mol. The predicted molar refractivity (Wildman–Crippen MR) is 54.3 cm³/mol. The van der Waals surface area contributed by atoms with Crippen LogP contribution in [0, 0.1) is 15.9 Å². The Bertz CT molecular complexity index is 514. The summed E-state index contributed by atoms with van der Waals surface area (Å²) >= 11 is 0. The van der Waals surface area contributed by atoms with E-state index in [0.717, 1.165) is 19.1 Å². The van der Waals surface area contributed by atoms with Gasteiger partial charge < -0.3 is 10.4 Å². The number of nitro groups is 1. The molecule has 1 rings (SSSR count). The van der Waals surface area contributed by atoms with E-state index in [0.29, 0.717) is 0 Å². The minimum Gasteiger partial charge on any atom is -0.477 e. The maximum Gasteiger partial charge on any atom is 0.342 e. The van der Waals surface area contributed by atoms with Gasteiger partial charge in [-0.05, 0) is 12.1 Å². The molecule has 0 atom stereocenters. The van der Waals surface area contributed by atoms with E-state index in [1.54, 1.807) is 0 Å². The number of nitrogens with zero attached hydrogens (tertiary/aromatic N) is 1. The van der Waals surface area contributed by atoms with E-state index in [9.17, 15) is 24.1 Å². The smallest absolute Gasteiger partial charge is 0.342 e. The molecule has 0 saturated carbocycles. The van der Waals surface area contributed by atoms with Gasteiger partial charge in [0.05, 0.1) is 4.92 Å². The zero-order valence-corrected chi connectivity index (χ0v) is 8.56. The monoisotopic (exact) mass is 242 g/mol. The molecule has 7 nitrogen and oxygen atoms in total. The number of carbonyl (C=O) groups excluding carboxylic acids is 1. The average Bonchev–Trinajstić information content (AvgIpc) is 2.19. The summed E-state index contributed by atoms with van der Waals surface area (Å²) < 4.78 is 13.3. The number of nitro benzene ring substituents is 1. The summed E-state index contributed by atoms with van der Waals surface area (Å²) in [6.45, 7) is 1.02. The molecule has 0 fully saturated rings. The summed E-state index contributed by atoms with van der Waals surface area (Å²) in [6.07, 6.45) is 0. The first kappa shape index (κ1) is 12.6. The first-order valence-corrected chi connectivity index (χ1v) is 4.32. The van der Waals surface area contributed by atoms with Crippen molar-refractivity contribution in [1.29, 1.82) is 0 Å². The number of hydrogen-bond donors (Lipinski definition) is 2. The van der Waals surface area contributed by atoms with Crippen LogP contribution in [0.5, 0.6) is 0 Å². The van der Waals surface area contributed by atoms with Crippen molar-refractivity contribution in [2.24, 2.45) is 0 Å². The molecule has 0 spiro atoms. The number of aromatic carboxylic acids is 1. The Morgan fingerprint density at radius 2 is 2.06 bits per heavy atom. The highest BCUT2D eigenvalue weighted by molar-refractivity contribution is 5.99. The number of anilines is 1. The van der Waals surface area contributed by atoms with Crippen molar-refractivity contribution in [2.75, 3.05) is 5.32 Å². The molecule has 0 radical (unpaired) electrons. The van der Waals surface area contributed by atoms with Crippen molar-refractivity contribution >= 4 is 23.3 Å². The molecular formula is C9H7FN2O5. The van der Waals surface area contributed by atoms with Crippen LogP contribution in [0.1, 0.15) is 17.3 Å². The molecule has 90 valence electrons. The Morgan fingerprint density at radius 3 is 2.47 bits per heavy atom. The van der Waals surface area contributed by atoms with Gasteiger partial charge in [0, 0.05) is 6.92 Å². The van der Waals surface area contributed by atoms with Crippen LogP contribution in [0.25, 0.3) is 0 Å². The highest BCUT2D eigenvalue weighted by Gasteiger charge is 2.27. The van der Waals surface area contributed by atoms with Crippen LogP contribution in [0.3, 0.4) is 0 Å². The summed E-state index contributed by atoms with van der Waals surface area (Å²) in [6, 6.07) is 1.50. The van der Waals surface area contributed by atoms with Gasteiger partial charge in [-0.25, -0.2) is 9.18 Å². The van der Waals surface area contributed by atoms with Crippen LogP contribution in [0.2, 0.25) is 0 Å². The molecule has 0 bridgehead atoms. The molecule has 2 N–H and O–H groups in total. The third-order valence-electron chi connectivity index (χ3n) is 1.84. The summed E-state index contributed by atoms with van der Waals surface area (Å²) in [5.41, 5.74) is -2.42. The zero-order chi connectivity index (χ0) is 13.2. The number of carboxylic acids is 1. The highest BCUT2D eigenvalue weighted by Crippen LogP contribution is 2.31. The number of rotatable bonds is 3. The third-order valence-corrected chi connectivity index (χ3v) is 1.84. The Kier molecular flexibility index (Phi) is 3.37. The Morgan fingerprint density at radius 1 is 1.47 bits per heavy atom. The van der Waals surface area contributed by atoms with Crippen molar-refractivity contribution in [1.82, 2.24) is 0 Å². The second kappa shape index (κ2) is 4.56. The molecule has 1 aromatic rings. The van der Waals surface area contributed by atoms with E-state index in [4.69, 9.17) is 5.11 Å². The Labute approximate surface area is 94.0 Å². The largest absolute Gasteiger partial charge is 0.477 e. The lowest BCUT2D eigenvalue weighted by molar-refractivity contribution is -0.384. The fraction of sp³-hybridized carbons (Fsp3) is 0.111. The summed E-state index contributed by atoms with van der Waals surface area (Å²) in [4.78, 5) is 31.2. The summed E-state index contributed by atoms with van der Waals surface area (Å²) in [5, 5.41) is 21.3. The molecule has 0 aliphatic heterocycles. The lowest BCUT2D eigenvalue weighted by Crippen LogP contribution is -2.13. The number of halogens is 1. The molecular weight excluding hydrogens is 235 g/mol. The number of amides is 1. The molecule has 17 heavy (non-hydrogen) atoms. The molecule has 0 saturated heterocycles. The number of hydrogen-bond acceptors (Lipinski definition) is 4. The van der Waals surface area contributed by atoms with Crippen LogP contribution in [-0.2, 0) is 4.79 Å². The molecule has 0 aromatic heterocycles. The van der Waals surface area contributed by atoms with E-state index >= 15 is 0 Å². The second-order valence-electron chi connectivity index (χ2n) is 3.06. The first-order chi connectivity index (χ1) is 7.84. The van der Waals surface area contributed by atoms with Crippen LogP contribution < -0.4 is 5.32 Å². The van der Waals surface area contributed by atoms with Gasteiger partial charge in [0.2, 0.25) is 5.91 Å². The lowest BCUT2D eigenvalue weighted by atomic mass is 10.1. The van der Waals surface area contributed by atoms with Crippen molar-refractivity contribution in [3.8, 4) is 0 Å². The normalized spacial score (nSPS) is 9.76. The van der Waals surface area contributed by atoms with Crippen molar-refractivity contribution in [2.45, 2.75) is 6.92 Å². The summed E-state index contributed by atoms with van der Waals surface area (Å²) in [5.74, 6) is -3.39. The van der Waals surface area contributed by atoms with E-state index in [1.165, 1.54) is 0 Å². The highest BCUT2D eigenvalue weighted by atomic mass is 19.1. The van der Waals surface area contributed by atoms with Crippen LogP contribution in [0.15, 0.2) is 12.1 Å². The van der Waals surface area contributed by atoms with Crippen LogP contribution in [0.4, 0.5) is 15.8 Å². The molecule has 0 unspecified atom stereocenters. The number of carboxylic acid groups (broad SMARTS) is 1. The quantitative estimate of drug-likeness (QED) is 0.614. The maximum atomic E-state index is 13.3. The van der Waals surface area contributed by atoms with Gasteiger partial charge in [-0.3, -0.25) is 14.9 Å². The first-order valence-electron chi connectivity index (χ1n) is 4.32. The standard InChI is InChI=1S/C9H7FN2O5/c1-4(13)11-7-6(10)3-2-5(9(14)15)8(7)12(16)17/h2-3H,1H3,(H,11,13)(H,14,15). The second-order valence-corrected chi connectivity index (χ2v) is 3.06. The third kappa shape index (κ3) is 2.54. The number of nitrogens with one attached hydrogen (secondary N) is 1. The van der Waals surface area contributed by atoms with Crippen molar-refractivity contribution in [3.05, 3.63) is 33.6 Å². The van der Waals surface area contributed by atoms with Gasteiger partial charge in [0.25, 0.3) is 0 Å². The molecule has 8 heteroatoms. The molecule has 1 amide bonds. The SMILES string of the molecule is CC(=O)Nc1c(F)ccc(C(=O)O)c1[N+](=O)[O-]. The lowest BCUT2D eigenvalue weighted by Gasteiger charge is -2.06. The van der Waals surface area contributed by atoms with Crippen LogP contribution in [-0.4, -0.2) is 21.9 Å². The van der Waals surface area contributed by atoms with E-state index < -0.39 is 39.6 Å². The zero-order valence-electron chi connectivity index (χ0n) is 8.56.